The molecule has 1 saturated heterocycles. The predicted octanol–water partition coefficient (Wildman–Crippen LogP) is 2.36. The van der Waals surface area contributed by atoms with Gasteiger partial charge in [-0.1, -0.05) is 18.2 Å². The van der Waals surface area contributed by atoms with Gasteiger partial charge in [0.25, 0.3) is 17.7 Å². The van der Waals surface area contributed by atoms with Crippen molar-refractivity contribution in [1.29, 1.82) is 0 Å². The number of aromatic amines is 1. The highest BCUT2D eigenvalue weighted by Crippen LogP contribution is 2.56. The predicted molar refractivity (Wildman–Crippen MR) is 148 cm³/mol. The molecular formula is C29H28N8O3. The van der Waals surface area contributed by atoms with Crippen LogP contribution in [0.25, 0.3) is 22.4 Å². The lowest BCUT2D eigenvalue weighted by molar-refractivity contribution is -0.0439. The summed E-state index contributed by atoms with van der Waals surface area (Å²) in [6.07, 6.45) is 4.85. The van der Waals surface area contributed by atoms with E-state index < -0.39 is 5.91 Å². The summed E-state index contributed by atoms with van der Waals surface area (Å²) in [7, 11) is 0. The molecule has 3 amide bonds. The van der Waals surface area contributed by atoms with Crippen LogP contribution >= 0.6 is 0 Å². The van der Waals surface area contributed by atoms with E-state index in [1.165, 1.54) is 0 Å². The van der Waals surface area contributed by atoms with Crippen LogP contribution in [0.5, 0.6) is 0 Å². The van der Waals surface area contributed by atoms with Gasteiger partial charge in [0, 0.05) is 49.0 Å². The van der Waals surface area contributed by atoms with Crippen LogP contribution in [0.3, 0.4) is 0 Å². The zero-order valence-corrected chi connectivity index (χ0v) is 21.8. The number of anilines is 1. The van der Waals surface area contributed by atoms with Crippen molar-refractivity contribution in [2.24, 2.45) is 11.7 Å². The van der Waals surface area contributed by atoms with Gasteiger partial charge in [-0.25, -0.2) is 15.0 Å². The Morgan fingerprint density at radius 3 is 2.38 bits per heavy atom. The van der Waals surface area contributed by atoms with Crippen molar-refractivity contribution in [3.8, 4) is 11.4 Å². The largest absolute Gasteiger partial charge is 0.366 e. The lowest BCUT2D eigenvalue weighted by atomic mass is 9.50. The average Bonchev–Trinajstić information content (AvgIpc) is 3.38. The van der Waals surface area contributed by atoms with Gasteiger partial charge in [0.1, 0.15) is 17.0 Å². The van der Waals surface area contributed by atoms with Gasteiger partial charge in [-0.3, -0.25) is 14.4 Å². The second-order valence-electron chi connectivity index (χ2n) is 11.0. The van der Waals surface area contributed by atoms with Crippen molar-refractivity contribution in [3.63, 3.8) is 0 Å². The monoisotopic (exact) mass is 536 g/mol. The van der Waals surface area contributed by atoms with Crippen LogP contribution in [0, 0.1) is 5.92 Å². The fourth-order valence-corrected chi connectivity index (χ4v) is 5.99. The Hall–Kier alpha value is -4.80. The first-order chi connectivity index (χ1) is 19.4. The normalized spacial score (nSPS) is 21.4. The van der Waals surface area contributed by atoms with Crippen molar-refractivity contribution in [1.82, 2.24) is 30.2 Å². The second kappa shape index (κ2) is 9.15. The number of H-pyrrole nitrogens is 1. The summed E-state index contributed by atoms with van der Waals surface area (Å²) in [5.41, 5.74) is 8.82. The van der Waals surface area contributed by atoms with Crippen LogP contribution in [0.2, 0.25) is 0 Å². The highest BCUT2D eigenvalue weighted by molar-refractivity contribution is 6.04. The van der Waals surface area contributed by atoms with Crippen LogP contribution in [0.1, 0.15) is 50.5 Å². The summed E-state index contributed by atoms with van der Waals surface area (Å²) in [6, 6.07) is 14.1. The number of piperazine rings is 1. The molecule has 0 radical (unpaired) electrons. The average molecular weight is 537 g/mol. The van der Waals surface area contributed by atoms with Gasteiger partial charge >= 0.3 is 0 Å². The molecule has 2 bridgehead atoms. The minimum Gasteiger partial charge on any atom is -0.366 e. The molecule has 3 aliphatic carbocycles. The van der Waals surface area contributed by atoms with E-state index in [1.54, 1.807) is 36.5 Å². The molecule has 4 fully saturated rings. The standard InChI is InChI=1S/C29H28N8O3/c30-24(38)20-2-1-3-21-23(20)34-25(32-21)18-4-6-19(7-5-18)27(40)36-10-12-37(13-11-36)28-31-9-8-22(33-28)26(39)35-29-14-17(15-29)16-29/h1-9,17H,10-16H2,(H2,30,38)(H,32,34)(H,35,39). The number of carbonyl (C=O) groups excluding carboxylic acids is 3. The first-order valence-corrected chi connectivity index (χ1v) is 13.5. The van der Waals surface area contributed by atoms with E-state index in [-0.39, 0.29) is 17.4 Å². The summed E-state index contributed by atoms with van der Waals surface area (Å²) < 4.78 is 0. The topological polar surface area (TPSA) is 150 Å². The Balaban J connectivity index is 0.991. The number of amides is 3. The van der Waals surface area contributed by atoms with E-state index in [0.717, 1.165) is 30.7 Å². The van der Waals surface area contributed by atoms with E-state index in [4.69, 9.17) is 5.73 Å². The van der Waals surface area contributed by atoms with E-state index in [1.807, 2.05) is 28.0 Å². The van der Waals surface area contributed by atoms with Crippen molar-refractivity contribution in [2.75, 3.05) is 31.1 Å². The lowest BCUT2D eigenvalue weighted by Crippen LogP contribution is -2.68. The fraction of sp³-hybridized carbons (Fsp3) is 0.310. The molecular weight excluding hydrogens is 508 g/mol. The van der Waals surface area contributed by atoms with Crippen LogP contribution in [-0.2, 0) is 0 Å². The summed E-state index contributed by atoms with van der Waals surface area (Å²) >= 11 is 0. The summed E-state index contributed by atoms with van der Waals surface area (Å²) in [5, 5.41) is 3.15. The number of imidazole rings is 1. The molecule has 11 nitrogen and oxygen atoms in total. The van der Waals surface area contributed by atoms with Crippen LogP contribution < -0.4 is 16.0 Å². The quantitative estimate of drug-likeness (QED) is 0.342. The zero-order valence-electron chi connectivity index (χ0n) is 21.8. The molecule has 1 aliphatic heterocycles. The van der Waals surface area contributed by atoms with E-state index in [0.29, 0.717) is 65.8 Å². The van der Waals surface area contributed by atoms with Crippen LogP contribution in [0.15, 0.2) is 54.7 Å². The molecule has 2 aromatic carbocycles. The third-order valence-corrected chi connectivity index (χ3v) is 8.33. The first kappa shape index (κ1) is 24.3. The molecule has 3 saturated carbocycles. The maximum atomic E-state index is 13.2. The van der Waals surface area contributed by atoms with Crippen molar-refractivity contribution >= 4 is 34.7 Å². The molecule has 4 aromatic rings. The number of benzene rings is 2. The van der Waals surface area contributed by atoms with Crippen LogP contribution in [-0.4, -0.2) is 74.3 Å². The summed E-state index contributed by atoms with van der Waals surface area (Å²) in [5.74, 6) is 1.15. The molecule has 202 valence electrons. The molecule has 0 unspecified atom stereocenters. The first-order valence-electron chi connectivity index (χ1n) is 13.5. The Bertz CT molecular complexity index is 1640. The Labute approximate surface area is 229 Å². The number of aromatic nitrogens is 4. The SMILES string of the molecule is NC(=O)c1cccc2[nH]c(-c3ccc(C(=O)N4CCN(c5nccc(C(=O)NC67CC(C6)C7)n5)CC4)cc3)nc12. The van der Waals surface area contributed by atoms with Crippen molar-refractivity contribution in [2.45, 2.75) is 24.8 Å². The molecule has 4 N–H and O–H groups in total. The third kappa shape index (κ3) is 4.14. The van der Waals surface area contributed by atoms with Gasteiger partial charge in [-0.2, -0.15) is 0 Å². The maximum Gasteiger partial charge on any atom is 0.270 e. The Kier molecular flexibility index (Phi) is 5.55. The molecule has 2 aromatic heterocycles. The number of nitrogens with two attached hydrogens (primary N) is 1. The molecule has 4 aliphatic rings. The van der Waals surface area contributed by atoms with E-state index >= 15 is 0 Å². The molecule has 11 heteroatoms. The fourth-order valence-electron chi connectivity index (χ4n) is 5.99. The third-order valence-electron chi connectivity index (χ3n) is 8.33. The lowest BCUT2D eigenvalue weighted by Gasteiger charge is -2.61. The number of hydrogen-bond donors (Lipinski definition) is 3. The summed E-state index contributed by atoms with van der Waals surface area (Å²) in [4.78, 5) is 58.1. The Morgan fingerprint density at radius 1 is 0.950 bits per heavy atom. The van der Waals surface area contributed by atoms with Gasteiger partial charge in [0.05, 0.1) is 11.1 Å². The minimum absolute atomic E-state index is 0.00241. The van der Waals surface area contributed by atoms with E-state index in [2.05, 4.69) is 25.3 Å². The van der Waals surface area contributed by atoms with E-state index in [9.17, 15) is 14.4 Å². The zero-order chi connectivity index (χ0) is 27.4. The molecule has 3 heterocycles. The van der Waals surface area contributed by atoms with Gasteiger partial charge in [0.2, 0.25) is 5.95 Å². The number of rotatable bonds is 6. The highest BCUT2D eigenvalue weighted by atomic mass is 16.2. The minimum atomic E-state index is -0.533. The smallest absolute Gasteiger partial charge is 0.270 e. The second-order valence-corrected chi connectivity index (χ2v) is 11.0. The number of carbonyl (C=O) groups is 3. The summed E-state index contributed by atoms with van der Waals surface area (Å²) in [6.45, 7) is 2.18. The maximum absolute atomic E-state index is 13.2. The number of fused-ring (bicyclic) bond motifs is 1. The molecule has 40 heavy (non-hydrogen) atoms. The number of primary amides is 1. The van der Waals surface area contributed by atoms with Crippen molar-refractivity contribution in [3.05, 3.63) is 71.5 Å². The van der Waals surface area contributed by atoms with Gasteiger partial charge in [0.15, 0.2) is 0 Å². The number of para-hydroxylation sites is 1. The number of hydrogen-bond acceptors (Lipinski definition) is 7. The van der Waals surface area contributed by atoms with Crippen LogP contribution in [0.4, 0.5) is 5.95 Å². The molecule has 0 spiro atoms. The molecule has 8 rings (SSSR count). The van der Waals surface area contributed by atoms with Crippen molar-refractivity contribution < 1.29 is 14.4 Å². The Morgan fingerprint density at radius 2 is 1.70 bits per heavy atom. The highest BCUT2D eigenvalue weighted by Gasteiger charge is 2.57. The van der Waals surface area contributed by atoms with Gasteiger partial charge < -0.3 is 25.8 Å². The van der Waals surface area contributed by atoms with Gasteiger partial charge in [-0.05, 0) is 55.5 Å². The molecule has 0 atom stereocenters. The number of nitrogens with one attached hydrogen (secondary N) is 2. The van der Waals surface area contributed by atoms with Gasteiger partial charge in [-0.15, -0.1) is 0 Å². The number of nitrogens with zero attached hydrogens (tertiary/aromatic N) is 5.